The fraction of sp³-hybridized carbons (Fsp3) is 0.400. The number of piperidine rings is 2. The summed E-state index contributed by atoms with van der Waals surface area (Å²) in [5.74, 6) is -0.421. The van der Waals surface area contributed by atoms with Crippen molar-refractivity contribution in [3.63, 3.8) is 0 Å². The SMILES string of the molecule is O=C1CCS(=O)c2cc(F)c(-c3noc(C45CNCC(C4)C5)n3)cc2N1Cc1ccc(OC(F)(F)F)cc1. The largest absolute Gasteiger partial charge is 0.573 e. The number of carbonyl (C=O) groups is 1. The number of ether oxygens (including phenoxy) is 1. The molecule has 3 aliphatic heterocycles. The second kappa shape index (κ2) is 9.16. The van der Waals surface area contributed by atoms with Gasteiger partial charge in [-0.25, -0.2) is 4.39 Å². The maximum atomic E-state index is 15.3. The van der Waals surface area contributed by atoms with Crippen molar-refractivity contribution in [3.8, 4) is 17.1 Å². The maximum absolute atomic E-state index is 15.3. The Morgan fingerprint density at radius 3 is 2.66 bits per heavy atom. The summed E-state index contributed by atoms with van der Waals surface area (Å²) in [6.07, 6.45) is -3.03. The van der Waals surface area contributed by atoms with Crippen molar-refractivity contribution in [2.45, 2.75) is 42.5 Å². The van der Waals surface area contributed by atoms with E-state index in [9.17, 15) is 22.2 Å². The number of anilines is 1. The molecule has 3 aromatic rings. The molecule has 4 aliphatic rings. The van der Waals surface area contributed by atoms with Gasteiger partial charge in [-0.2, -0.15) is 4.98 Å². The summed E-state index contributed by atoms with van der Waals surface area (Å²) < 4.78 is 75.1. The second-order valence-corrected chi connectivity index (χ2v) is 11.4. The number of halogens is 4. The van der Waals surface area contributed by atoms with Crippen LogP contribution in [0.3, 0.4) is 0 Å². The number of fused-ring (bicyclic) bond motifs is 3. The average molecular weight is 551 g/mol. The lowest BCUT2D eigenvalue weighted by atomic mass is 9.59. The van der Waals surface area contributed by atoms with E-state index in [2.05, 4.69) is 20.2 Å². The Hall–Kier alpha value is -3.32. The molecule has 2 bridgehead atoms. The monoisotopic (exact) mass is 550 g/mol. The first-order valence-electron chi connectivity index (χ1n) is 12.0. The van der Waals surface area contributed by atoms with Gasteiger partial charge in [0.25, 0.3) is 0 Å². The number of nitrogens with zero attached hydrogens (tertiary/aromatic N) is 3. The molecule has 1 aromatic heterocycles. The fourth-order valence-corrected chi connectivity index (χ4v) is 6.69. The summed E-state index contributed by atoms with van der Waals surface area (Å²) in [4.78, 5) is 19.0. The lowest BCUT2D eigenvalue weighted by Crippen LogP contribution is -2.57. The lowest BCUT2D eigenvalue weighted by Gasteiger charge is -2.50. The predicted octanol–water partition coefficient (Wildman–Crippen LogP) is 4.07. The van der Waals surface area contributed by atoms with Crippen LogP contribution in [0.5, 0.6) is 5.75 Å². The van der Waals surface area contributed by atoms with Crippen molar-refractivity contribution in [1.82, 2.24) is 15.5 Å². The van der Waals surface area contributed by atoms with Gasteiger partial charge in [-0.3, -0.25) is 9.00 Å². The van der Waals surface area contributed by atoms with Gasteiger partial charge in [0, 0.05) is 18.7 Å². The Kier molecular flexibility index (Phi) is 6.02. The molecule has 8 nitrogen and oxygen atoms in total. The van der Waals surface area contributed by atoms with Gasteiger partial charge < -0.3 is 19.5 Å². The number of benzene rings is 2. The van der Waals surface area contributed by atoms with Crippen LogP contribution in [0.2, 0.25) is 0 Å². The third-order valence-corrected chi connectivity index (χ3v) is 8.65. The molecular weight excluding hydrogens is 528 g/mol. The van der Waals surface area contributed by atoms with Crippen molar-refractivity contribution in [2.75, 3.05) is 23.7 Å². The van der Waals surface area contributed by atoms with E-state index < -0.39 is 28.7 Å². The number of rotatable bonds is 5. The van der Waals surface area contributed by atoms with Crippen molar-refractivity contribution < 1.29 is 35.8 Å². The molecule has 1 amide bonds. The number of amides is 1. The van der Waals surface area contributed by atoms with Crippen LogP contribution in [0.15, 0.2) is 45.8 Å². The Morgan fingerprint density at radius 1 is 1.21 bits per heavy atom. The smallest absolute Gasteiger partial charge is 0.406 e. The molecule has 1 saturated carbocycles. The van der Waals surface area contributed by atoms with Gasteiger partial charge in [0.15, 0.2) is 0 Å². The van der Waals surface area contributed by atoms with E-state index in [1.165, 1.54) is 23.1 Å². The molecule has 4 heterocycles. The Bertz CT molecular complexity index is 1410. The van der Waals surface area contributed by atoms with Gasteiger partial charge in [-0.1, -0.05) is 17.3 Å². The van der Waals surface area contributed by atoms with E-state index in [0.717, 1.165) is 37.6 Å². The molecule has 1 atom stereocenters. The first-order chi connectivity index (χ1) is 18.1. The summed E-state index contributed by atoms with van der Waals surface area (Å²) in [7, 11) is -1.64. The Morgan fingerprint density at radius 2 is 1.97 bits per heavy atom. The molecule has 2 saturated heterocycles. The zero-order valence-corrected chi connectivity index (χ0v) is 20.7. The molecule has 38 heavy (non-hydrogen) atoms. The highest BCUT2D eigenvalue weighted by Crippen LogP contribution is 2.49. The molecule has 1 unspecified atom stereocenters. The predicted molar refractivity (Wildman–Crippen MR) is 127 cm³/mol. The van der Waals surface area contributed by atoms with Gasteiger partial charge >= 0.3 is 6.36 Å². The maximum Gasteiger partial charge on any atom is 0.573 e. The van der Waals surface area contributed by atoms with Crippen LogP contribution >= 0.6 is 0 Å². The summed E-state index contributed by atoms with van der Waals surface area (Å²) in [5.41, 5.74) is 0.468. The summed E-state index contributed by atoms with van der Waals surface area (Å²) in [6.45, 7) is 1.61. The molecule has 200 valence electrons. The summed E-state index contributed by atoms with van der Waals surface area (Å²) in [5, 5.41) is 7.35. The lowest BCUT2D eigenvalue weighted by molar-refractivity contribution is -0.274. The first kappa shape index (κ1) is 25.0. The number of aromatic nitrogens is 2. The Balaban J connectivity index is 1.33. The first-order valence-corrected chi connectivity index (χ1v) is 13.3. The van der Waals surface area contributed by atoms with E-state index >= 15 is 4.39 Å². The van der Waals surface area contributed by atoms with Crippen LogP contribution < -0.4 is 15.0 Å². The summed E-state index contributed by atoms with van der Waals surface area (Å²) in [6, 6.07) is 7.60. The number of hydrogen-bond donors (Lipinski definition) is 1. The van der Waals surface area contributed by atoms with Crippen molar-refractivity contribution in [2.24, 2.45) is 5.92 Å². The van der Waals surface area contributed by atoms with Crippen LogP contribution in [0.1, 0.15) is 30.7 Å². The standard InChI is InChI=1S/C25H22F4N4O4S/c26-18-8-20-19(7-17(18)22-31-23(37-32-22)24-9-15(10-24)11-30-13-24)33(21(34)5-6-38(20)35)12-14-1-3-16(4-2-14)36-25(27,28)29/h1-4,7-8,15,30H,5-6,9-13H2. The normalized spacial score (nSPS) is 24.9. The van der Waals surface area contributed by atoms with E-state index in [-0.39, 0.29) is 52.0 Å². The minimum absolute atomic E-state index is 0.000386. The zero-order valence-electron chi connectivity index (χ0n) is 19.9. The topological polar surface area (TPSA) is 97.6 Å². The third kappa shape index (κ3) is 4.57. The van der Waals surface area contributed by atoms with Gasteiger partial charge in [-0.05, 0) is 55.1 Å². The van der Waals surface area contributed by atoms with E-state index in [0.29, 0.717) is 23.9 Å². The molecular formula is C25H22F4N4O4S. The molecule has 7 rings (SSSR count). The highest BCUT2D eigenvalue weighted by Gasteiger charge is 2.52. The fourth-order valence-electron chi connectivity index (χ4n) is 5.47. The van der Waals surface area contributed by atoms with Gasteiger partial charge in [-0.15, -0.1) is 13.2 Å². The number of alkyl halides is 3. The van der Waals surface area contributed by atoms with Crippen LogP contribution in [-0.2, 0) is 27.6 Å². The number of hydrogen-bond acceptors (Lipinski definition) is 7. The molecule has 0 radical (unpaired) electrons. The quantitative estimate of drug-likeness (QED) is 0.479. The molecule has 1 aliphatic carbocycles. The average Bonchev–Trinajstić information content (AvgIpc) is 3.32. The molecule has 2 aromatic carbocycles. The van der Waals surface area contributed by atoms with Gasteiger partial charge in [0.05, 0.1) is 38.9 Å². The molecule has 1 N–H and O–H groups in total. The summed E-state index contributed by atoms with van der Waals surface area (Å²) >= 11 is 0. The number of carbonyl (C=O) groups excluding carboxylic acids is 1. The van der Waals surface area contributed by atoms with Crippen LogP contribution in [-0.4, -0.2) is 45.5 Å². The Labute approximate surface area is 216 Å². The highest BCUT2D eigenvalue weighted by atomic mass is 32.2. The van der Waals surface area contributed by atoms with Crippen molar-refractivity contribution in [3.05, 3.63) is 53.7 Å². The molecule has 3 fully saturated rings. The van der Waals surface area contributed by atoms with E-state index in [4.69, 9.17) is 4.52 Å². The molecule has 13 heteroatoms. The van der Waals surface area contributed by atoms with Gasteiger partial charge in [0.1, 0.15) is 11.6 Å². The van der Waals surface area contributed by atoms with E-state index in [1.54, 1.807) is 0 Å². The van der Waals surface area contributed by atoms with Crippen molar-refractivity contribution in [1.29, 1.82) is 0 Å². The van der Waals surface area contributed by atoms with Crippen LogP contribution in [0.25, 0.3) is 11.4 Å². The highest BCUT2D eigenvalue weighted by molar-refractivity contribution is 7.85. The third-order valence-electron chi connectivity index (χ3n) is 7.26. The van der Waals surface area contributed by atoms with Crippen LogP contribution in [0, 0.1) is 11.7 Å². The van der Waals surface area contributed by atoms with Crippen LogP contribution in [0.4, 0.5) is 23.2 Å². The minimum Gasteiger partial charge on any atom is -0.406 e. The van der Waals surface area contributed by atoms with Crippen molar-refractivity contribution >= 4 is 22.4 Å². The zero-order chi connectivity index (χ0) is 26.7. The second-order valence-electron chi connectivity index (χ2n) is 9.88. The number of nitrogens with one attached hydrogen (secondary N) is 1. The molecule has 0 spiro atoms. The minimum atomic E-state index is -4.83. The van der Waals surface area contributed by atoms with Gasteiger partial charge in [0.2, 0.25) is 17.6 Å². The van der Waals surface area contributed by atoms with E-state index in [1.807, 2.05) is 0 Å².